The second kappa shape index (κ2) is 2.80. The fourth-order valence-corrected chi connectivity index (χ4v) is 0.110. The minimum Gasteiger partial charge on any atom is -0.289 e. The van der Waals surface area contributed by atoms with Crippen molar-refractivity contribution in [2.75, 3.05) is 0 Å². The third-order valence-electron chi connectivity index (χ3n) is 0.133. The molecule has 0 bridgehead atoms. The Labute approximate surface area is 38.4 Å². The highest BCUT2D eigenvalue weighted by Crippen LogP contribution is 1.49. The Balaban J connectivity index is 3.55. The molecule has 0 aromatic heterocycles. The topological polar surface area (TPSA) is 66.4 Å². The Morgan fingerprint density at radius 1 is 2.17 bits per heavy atom. The lowest BCUT2D eigenvalue weighted by molar-refractivity contribution is -0.108. The lowest BCUT2D eigenvalue weighted by Gasteiger charge is -1.79. The Kier molecular flexibility index (Phi) is 1.75. The van der Waals surface area contributed by atoms with E-state index in [4.69, 9.17) is 5.96 Å². The molecule has 0 saturated heterocycles. The smallest absolute Gasteiger partial charge is 0.261 e. The van der Waals surface area contributed by atoms with Gasteiger partial charge in [-0.3, -0.25) is 14.1 Å². The predicted molar refractivity (Wildman–Crippen MR) is 20.0 cm³/mol. The number of carbonyl (C=O) groups is 1. The Morgan fingerprint density at radius 2 is 2.67 bits per heavy atom. The van der Waals surface area contributed by atoms with Crippen molar-refractivity contribution in [2.45, 2.75) is 0 Å². The van der Waals surface area contributed by atoms with Crippen LogP contribution in [-0.2, 0) is 16.1 Å². The first-order chi connectivity index (χ1) is 3.18. The van der Waals surface area contributed by atoms with E-state index >= 15 is 0 Å². The van der Waals surface area contributed by atoms with E-state index in [2.05, 4.69) is 0 Å². The standard InChI is InChI=1S/CH3NO3S/c3-1-2-6(4)5/h1H,(H,2,3)(H,4,5)/i/hD. The highest BCUT2D eigenvalue weighted by Gasteiger charge is 1.78. The number of amides is 1. The number of hydrogen-bond acceptors (Lipinski definition) is 2. The van der Waals surface area contributed by atoms with Crippen LogP contribution >= 0.6 is 0 Å². The first kappa shape index (κ1) is 3.76. The van der Waals surface area contributed by atoms with E-state index in [0.717, 1.165) is 0 Å². The molecule has 0 rings (SSSR count). The molecular weight excluding hydrogens is 106 g/mol. The van der Waals surface area contributed by atoms with Gasteiger partial charge in [-0.25, -0.2) is 4.21 Å². The molecule has 1 atom stereocenters. The van der Waals surface area contributed by atoms with E-state index in [-0.39, 0.29) is 11.1 Å². The second-order valence-corrected chi connectivity index (χ2v) is 1.11. The van der Waals surface area contributed by atoms with Gasteiger partial charge in [-0.2, -0.15) is 0 Å². The quantitative estimate of drug-likeness (QED) is 0.349. The van der Waals surface area contributed by atoms with Crippen molar-refractivity contribution in [3.05, 3.63) is 0 Å². The fraction of sp³-hybridized carbons (Fsp3) is 0. The normalized spacial score (nSPS) is 15.2. The lowest BCUT2D eigenvalue weighted by atomic mass is 11.5. The maximum absolute atomic E-state index is 9.55. The Hall–Kier alpha value is -0.420. The van der Waals surface area contributed by atoms with Gasteiger partial charge in [-0.05, 0) is 0 Å². The number of hydrogen-bond donors (Lipinski definition) is 2. The molecule has 0 spiro atoms. The zero-order chi connectivity index (χ0) is 5.86. The molecule has 0 aliphatic rings. The second-order valence-electron chi connectivity index (χ2n) is 0.442. The number of rotatable bonds is 2. The third kappa shape index (κ3) is 3.58. The zero-order valence-corrected chi connectivity index (χ0v) is 3.51. The average molecular weight is 110 g/mol. The van der Waals surface area contributed by atoms with Crippen LogP contribution < -0.4 is 4.72 Å². The minimum absolute atomic E-state index is 0.0594. The molecule has 2 N–H and O–H groups in total. The molecule has 0 heterocycles. The number of carbonyl (C=O) groups excluding carboxylic acids is 1. The van der Waals surface area contributed by atoms with Crippen molar-refractivity contribution < 1.29 is 15.0 Å². The molecule has 0 aromatic carbocycles. The molecule has 4 nitrogen and oxygen atoms in total. The highest BCUT2D eigenvalue weighted by atomic mass is 32.2. The van der Waals surface area contributed by atoms with E-state index in [9.17, 15) is 9.00 Å². The molecule has 0 fully saturated rings. The van der Waals surface area contributed by atoms with Crippen LogP contribution in [0.4, 0.5) is 0 Å². The molecule has 0 saturated carbocycles. The molecule has 36 valence electrons. The maximum atomic E-state index is 9.55. The summed E-state index contributed by atoms with van der Waals surface area (Å²) in [6, 6.07) is 0. The summed E-state index contributed by atoms with van der Waals surface area (Å²) in [5, 5.41) is 0. The van der Waals surface area contributed by atoms with Crippen molar-refractivity contribution in [3.8, 4) is 0 Å². The van der Waals surface area contributed by atoms with E-state index in [1.165, 1.54) is 0 Å². The van der Waals surface area contributed by atoms with Crippen molar-refractivity contribution in [3.63, 3.8) is 0 Å². The maximum Gasteiger partial charge on any atom is 0.261 e. The minimum atomic E-state index is -2.48. The van der Waals surface area contributed by atoms with Crippen molar-refractivity contribution in [2.24, 2.45) is 0 Å². The molecular formula is CH3NO3S. The van der Waals surface area contributed by atoms with E-state index < -0.39 is 11.3 Å². The molecule has 0 radical (unpaired) electrons. The van der Waals surface area contributed by atoms with Crippen LogP contribution in [0.5, 0.6) is 0 Å². The predicted octanol–water partition coefficient (Wildman–Crippen LogP) is -1.13. The zero-order valence-electron chi connectivity index (χ0n) is 3.70. The summed E-state index contributed by atoms with van der Waals surface area (Å²) in [5.74, 6) is 0. The van der Waals surface area contributed by atoms with Crippen LogP contribution in [-0.4, -0.2) is 15.2 Å². The molecule has 0 aliphatic heterocycles. The summed E-state index contributed by atoms with van der Waals surface area (Å²) in [4.78, 5) is 9.33. The first-order valence-corrected chi connectivity index (χ1v) is 2.09. The van der Waals surface area contributed by atoms with Gasteiger partial charge in [0.2, 0.25) is 6.41 Å². The molecule has 6 heavy (non-hydrogen) atoms. The summed E-state index contributed by atoms with van der Waals surface area (Å²) < 4.78 is 23.4. The molecule has 1 amide bonds. The summed E-state index contributed by atoms with van der Waals surface area (Å²) in [6.07, 6.45) is -0.0594. The summed E-state index contributed by atoms with van der Waals surface area (Å²) >= 11 is -2.48. The summed E-state index contributed by atoms with van der Waals surface area (Å²) in [5.41, 5.74) is 0. The Morgan fingerprint density at radius 3 is 2.67 bits per heavy atom. The van der Waals surface area contributed by atoms with Crippen LogP contribution in [0.2, 0.25) is 1.41 Å². The Bertz CT molecular complexity index is 94.9. The van der Waals surface area contributed by atoms with E-state index in [0.29, 0.717) is 0 Å². The van der Waals surface area contributed by atoms with Gasteiger partial charge in [0.15, 0.2) is 1.41 Å². The SMILES string of the molecule is [2H]N(C=O)S(=O)O. The molecule has 1 unspecified atom stereocenters. The number of nitrogens with one attached hydrogen (secondary N) is 1. The van der Waals surface area contributed by atoms with Gasteiger partial charge >= 0.3 is 0 Å². The van der Waals surface area contributed by atoms with Gasteiger partial charge in [0.05, 0.1) is 0 Å². The molecule has 5 heteroatoms. The molecule has 0 aliphatic carbocycles. The molecule has 0 aromatic rings. The van der Waals surface area contributed by atoms with Gasteiger partial charge in [0.1, 0.15) is 0 Å². The van der Waals surface area contributed by atoms with Gasteiger partial charge < -0.3 is 0 Å². The van der Waals surface area contributed by atoms with Gasteiger partial charge in [-0.1, -0.05) is 0 Å². The van der Waals surface area contributed by atoms with Crippen LogP contribution in [0.15, 0.2) is 0 Å². The van der Waals surface area contributed by atoms with Crippen LogP contribution in [0.1, 0.15) is 0 Å². The van der Waals surface area contributed by atoms with Crippen LogP contribution in [0.3, 0.4) is 0 Å². The van der Waals surface area contributed by atoms with Gasteiger partial charge in [-0.15, -0.1) is 0 Å². The third-order valence-corrected chi connectivity index (χ3v) is 0.400. The van der Waals surface area contributed by atoms with Crippen molar-refractivity contribution >= 4 is 17.7 Å². The highest BCUT2D eigenvalue weighted by molar-refractivity contribution is 7.77. The van der Waals surface area contributed by atoms with Gasteiger partial charge in [0.25, 0.3) is 11.3 Å². The monoisotopic (exact) mass is 110 g/mol. The van der Waals surface area contributed by atoms with Crippen LogP contribution in [0.25, 0.3) is 0 Å². The van der Waals surface area contributed by atoms with E-state index in [1.54, 1.807) is 0 Å². The van der Waals surface area contributed by atoms with Gasteiger partial charge in [0, 0.05) is 0 Å². The summed E-state index contributed by atoms with van der Waals surface area (Å²) in [7, 11) is 0. The van der Waals surface area contributed by atoms with E-state index in [1.807, 2.05) is 0 Å². The lowest BCUT2D eigenvalue weighted by Crippen LogP contribution is -2.12. The fourth-order valence-electron chi connectivity index (χ4n) is 0.0368. The average Bonchev–Trinajstić information content (AvgIpc) is 1.65. The summed E-state index contributed by atoms with van der Waals surface area (Å²) in [6.45, 7) is 0. The first-order valence-electron chi connectivity index (χ1n) is 1.47. The van der Waals surface area contributed by atoms with Crippen molar-refractivity contribution in [1.29, 1.82) is 0 Å². The largest absolute Gasteiger partial charge is 0.289 e. The van der Waals surface area contributed by atoms with Crippen LogP contribution in [0, 0.1) is 0 Å². The van der Waals surface area contributed by atoms with Crippen molar-refractivity contribution in [1.82, 2.24) is 4.72 Å².